The Hall–Kier alpha value is -1.59. The normalized spacial score (nSPS) is 25.5. The second kappa shape index (κ2) is 10.5. The summed E-state index contributed by atoms with van der Waals surface area (Å²) in [5, 5.41) is 13.6. The number of halogens is 1. The van der Waals surface area contributed by atoms with Crippen LogP contribution < -0.4 is 0 Å². The van der Waals surface area contributed by atoms with Crippen molar-refractivity contribution in [2.45, 2.75) is 44.4 Å². The zero-order valence-corrected chi connectivity index (χ0v) is 16.0. The van der Waals surface area contributed by atoms with E-state index >= 15 is 0 Å². The lowest BCUT2D eigenvalue weighted by Gasteiger charge is -2.30. The Morgan fingerprint density at radius 2 is 2.00 bits per heavy atom. The van der Waals surface area contributed by atoms with Crippen molar-refractivity contribution < 1.29 is 14.7 Å². The largest absolute Gasteiger partial charge is 0.481 e. The molecule has 5 nitrogen and oxygen atoms in total. The van der Waals surface area contributed by atoms with Gasteiger partial charge in [-0.15, -0.1) is 12.4 Å². The van der Waals surface area contributed by atoms with Crippen LogP contribution in [-0.2, 0) is 9.63 Å². The molecule has 2 atom stereocenters. The lowest BCUT2D eigenvalue weighted by atomic mass is 9.82. The molecule has 0 aromatic heterocycles. The van der Waals surface area contributed by atoms with Crippen molar-refractivity contribution in [3.05, 3.63) is 35.9 Å². The van der Waals surface area contributed by atoms with Crippen LogP contribution in [0, 0.1) is 5.92 Å². The van der Waals surface area contributed by atoms with Gasteiger partial charge in [-0.05, 0) is 44.2 Å². The first-order valence-electron chi connectivity index (χ1n) is 9.43. The van der Waals surface area contributed by atoms with Crippen molar-refractivity contribution in [1.82, 2.24) is 4.90 Å². The number of carbonyl (C=O) groups is 1. The molecule has 144 valence electrons. The molecular weight excluding hydrogens is 352 g/mol. The summed E-state index contributed by atoms with van der Waals surface area (Å²) in [6.45, 7) is 2.85. The number of carboxylic acids is 1. The van der Waals surface area contributed by atoms with Gasteiger partial charge in [0.25, 0.3) is 0 Å². The van der Waals surface area contributed by atoms with E-state index < -0.39 is 5.97 Å². The van der Waals surface area contributed by atoms with Gasteiger partial charge < -0.3 is 9.94 Å². The number of hydrogen-bond acceptors (Lipinski definition) is 4. The smallest absolute Gasteiger partial charge is 0.307 e. The molecule has 2 fully saturated rings. The van der Waals surface area contributed by atoms with Crippen molar-refractivity contribution in [2.24, 2.45) is 11.1 Å². The van der Waals surface area contributed by atoms with Crippen LogP contribution in [-0.4, -0.2) is 47.9 Å². The third kappa shape index (κ3) is 5.71. The molecule has 0 bridgehead atoms. The molecule has 2 aliphatic rings. The van der Waals surface area contributed by atoms with Gasteiger partial charge in [-0.25, -0.2) is 0 Å². The lowest BCUT2D eigenvalue weighted by Crippen LogP contribution is -2.40. The SMILES string of the molecule is Cl.O=C(O)[C@@H]1CCCN(CCON=C2CCCCC2c2ccccc2)C1. The molecule has 0 spiro atoms. The highest BCUT2D eigenvalue weighted by Gasteiger charge is 2.25. The van der Waals surface area contributed by atoms with Crippen LogP contribution in [0.2, 0.25) is 0 Å². The predicted molar refractivity (Wildman–Crippen MR) is 105 cm³/mol. The summed E-state index contributed by atoms with van der Waals surface area (Å²) in [4.78, 5) is 18.9. The zero-order valence-electron chi connectivity index (χ0n) is 15.2. The first-order chi connectivity index (χ1) is 12.2. The van der Waals surface area contributed by atoms with Gasteiger partial charge in [-0.1, -0.05) is 41.9 Å². The molecule has 0 radical (unpaired) electrons. The van der Waals surface area contributed by atoms with Crippen LogP contribution in [0.15, 0.2) is 35.5 Å². The molecule has 1 aromatic rings. The maximum atomic E-state index is 11.1. The van der Waals surface area contributed by atoms with E-state index in [1.165, 1.54) is 18.4 Å². The van der Waals surface area contributed by atoms with Crippen molar-refractivity contribution in [3.8, 4) is 0 Å². The van der Waals surface area contributed by atoms with Crippen LogP contribution in [0.25, 0.3) is 0 Å². The van der Waals surface area contributed by atoms with E-state index in [0.29, 0.717) is 19.1 Å². The summed E-state index contributed by atoms with van der Waals surface area (Å²) in [6.07, 6.45) is 6.29. The molecule has 6 heteroatoms. The summed E-state index contributed by atoms with van der Waals surface area (Å²) < 4.78 is 0. The van der Waals surface area contributed by atoms with Crippen LogP contribution >= 0.6 is 12.4 Å². The minimum absolute atomic E-state index is 0. The quantitative estimate of drug-likeness (QED) is 0.599. The fraction of sp³-hybridized carbons (Fsp3) is 0.600. The minimum Gasteiger partial charge on any atom is -0.481 e. The second-order valence-corrected chi connectivity index (χ2v) is 7.10. The van der Waals surface area contributed by atoms with Crippen LogP contribution in [0.3, 0.4) is 0 Å². The summed E-state index contributed by atoms with van der Waals surface area (Å²) in [6, 6.07) is 10.6. The van der Waals surface area contributed by atoms with Gasteiger partial charge in [0.2, 0.25) is 0 Å². The topological polar surface area (TPSA) is 62.1 Å². The van der Waals surface area contributed by atoms with Crippen LogP contribution in [0.4, 0.5) is 0 Å². The summed E-state index contributed by atoms with van der Waals surface area (Å²) in [5.41, 5.74) is 2.48. The minimum atomic E-state index is -0.682. The Morgan fingerprint density at radius 3 is 2.77 bits per heavy atom. The van der Waals surface area contributed by atoms with Crippen molar-refractivity contribution in [3.63, 3.8) is 0 Å². The second-order valence-electron chi connectivity index (χ2n) is 7.10. The Balaban J connectivity index is 0.00000243. The molecule has 1 aromatic carbocycles. The lowest BCUT2D eigenvalue weighted by molar-refractivity contribution is -0.143. The van der Waals surface area contributed by atoms with Crippen LogP contribution in [0.1, 0.15) is 50.0 Å². The molecular formula is C20H29ClN2O3. The number of aliphatic carboxylic acids is 1. The van der Waals surface area contributed by atoms with E-state index in [1.54, 1.807) is 0 Å². The fourth-order valence-corrected chi connectivity index (χ4v) is 3.91. The first-order valence-corrected chi connectivity index (χ1v) is 9.43. The van der Waals surface area contributed by atoms with Gasteiger partial charge in [-0.3, -0.25) is 9.69 Å². The van der Waals surface area contributed by atoms with E-state index in [-0.39, 0.29) is 18.3 Å². The molecule has 3 rings (SSSR count). The van der Waals surface area contributed by atoms with E-state index in [4.69, 9.17) is 9.94 Å². The summed E-state index contributed by atoms with van der Waals surface area (Å²) in [5.74, 6) is -0.541. The molecule has 1 saturated carbocycles. The Labute approximate surface area is 161 Å². The molecule has 0 amide bonds. The van der Waals surface area contributed by atoms with E-state index in [2.05, 4.69) is 34.3 Å². The number of carboxylic acid groups (broad SMARTS) is 1. The highest BCUT2D eigenvalue weighted by Crippen LogP contribution is 2.30. The van der Waals surface area contributed by atoms with Gasteiger partial charge in [0, 0.05) is 19.0 Å². The van der Waals surface area contributed by atoms with Gasteiger partial charge in [0.1, 0.15) is 6.61 Å². The molecule has 1 heterocycles. The van der Waals surface area contributed by atoms with Gasteiger partial charge in [0.05, 0.1) is 11.6 Å². The predicted octanol–water partition coefficient (Wildman–Crippen LogP) is 3.94. The van der Waals surface area contributed by atoms with Gasteiger partial charge in [0.15, 0.2) is 0 Å². The standard InChI is InChI=1S/C20H28N2O3.ClH/c23-20(24)17-9-6-12-22(15-17)13-14-25-21-19-11-5-4-10-18(19)16-7-2-1-3-8-16;/h1-3,7-8,17-18H,4-6,9-15H2,(H,23,24);1H/t17-,18?;/m1./s1. The van der Waals surface area contributed by atoms with Gasteiger partial charge >= 0.3 is 5.97 Å². The summed E-state index contributed by atoms with van der Waals surface area (Å²) >= 11 is 0. The number of nitrogens with zero attached hydrogens (tertiary/aromatic N) is 2. The molecule has 1 saturated heterocycles. The Kier molecular flexibility index (Phi) is 8.39. The number of oxime groups is 1. The third-order valence-electron chi connectivity index (χ3n) is 5.32. The number of rotatable bonds is 6. The number of piperidine rings is 1. The fourth-order valence-electron chi connectivity index (χ4n) is 3.91. The van der Waals surface area contributed by atoms with Gasteiger partial charge in [-0.2, -0.15) is 0 Å². The molecule has 1 aliphatic heterocycles. The third-order valence-corrected chi connectivity index (χ3v) is 5.32. The number of benzene rings is 1. The zero-order chi connectivity index (χ0) is 17.5. The molecule has 1 aliphatic carbocycles. The Bertz CT molecular complexity index is 594. The maximum absolute atomic E-state index is 11.1. The highest BCUT2D eigenvalue weighted by molar-refractivity contribution is 5.91. The molecule has 26 heavy (non-hydrogen) atoms. The first kappa shape index (κ1) is 20.7. The van der Waals surface area contributed by atoms with E-state index in [9.17, 15) is 4.79 Å². The highest BCUT2D eigenvalue weighted by atomic mass is 35.5. The maximum Gasteiger partial charge on any atom is 0.307 e. The van der Waals surface area contributed by atoms with Crippen molar-refractivity contribution >= 4 is 24.1 Å². The Morgan fingerprint density at radius 1 is 1.19 bits per heavy atom. The average Bonchev–Trinajstić information content (AvgIpc) is 2.66. The summed E-state index contributed by atoms with van der Waals surface area (Å²) in [7, 11) is 0. The van der Waals surface area contributed by atoms with E-state index in [1.807, 2.05) is 6.07 Å². The van der Waals surface area contributed by atoms with Crippen LogP contribution in [0.5, 0.6) is 0 Å². The molecule has 1 unspecified atom stereocenters. The monoisotopic (exact) mass is 380 g/mol. The van der Waals surface area contributed by atoms with Crippen molar-refractivity contribution in [2.75, 3.05) is 26.2 Å². The number of likely N-dealkylation sites (tertiary alicyclic amines) is 1. The van der Waals surface area contributed by atoms with E-state index in [0.717, 1.165) is 44.5 Å². The molecule has 1 N–H and O–H groups in total. The number of hydrogen-bond donors (Lipinski definition) is 1. The van der Waals surface area contributed by atoms with Crippen molar-refractivity contribution in [1.29, 1.82) is 0 Å². The average molecular weight is 381 g/mol.